The summed E-state index contributed by atoms with van der Waals surface area (Å²) in [5, 5.41) is 2.77. The predicted octanol–water partition coefficient (Wildman–Crippen LogP) is 3.93. The molecule has 0 fully saturated rings. The highest BCUT2D eigenvalue weighted by atomic mass is 16.5. The van der Waals surface area contributed by atoms with Crippen LogP contribution in [0.15, 0.2) is 30.3 Å². The average Bonchev–Trinajstić information content (AvgIpc) is 2.67. The summed E-state index contributed by atoms with van der Waals surface area (Å²) < 4.78 is 15.8. The van der Waals surface area contributed by atoms with Gasteiger partial charge in [0.05, 0.1) is 21.3 Å². The van der Waals surface area contributed by atoms with Crippen molar-refractivity contribution in [1.29, 1.82) is 0 Å². The van der Waals surface area contributed by atoms with Gasteiger partial charge in [-0.05, 0) is 25.5 Å². The van der Waals surface area contributed by atoms with Crippen molar-refractivity contribution in [3.8, 4) is 17.2 Å². The fraction of sp³-hybridized carbons (Fsp3) is 0.333. The molecule has 0 aromatic heterocycles. The predicted molar refractivity (Wildman–Crippen MR) is 104 cm³/mol. The largest absolute Gasteiger partial charge is 0.493 e. The third kappa shape index (κ3) is 5.00. The Morgan fingerprint density at radius 3 is 2.07 bits per heavy atom. The highest BCUT2D eigenvalue weighted by molar-refractivity contribution is 6.01. The second-order valence-electron chi connectivity index (χ2n) is 6.20. The molecular formula is C21H25NO5. The number of benzene rings is 2. The summed E-state index contributed by atoms with van der Waals surface area (Å²) in [6, 6.07) is 9.02. The molecule has 0 radical (unpaired) electrons. The molecule has 0 unspecified atom stereocenters. The van der Waals surface area contributed by atoms with Gasteiger partial charge in [0.15, 0.2) is 17.3 Å². The van der Waals surface area contributed by atoms with Crippen LogP contribution in [0.2, 0.25) is 0 Å². The lowest BCUT2D eigenvalue weighted by Gasteiger charge is -2.14. The topological polar surface area (TPSA) is 73.9 Å². The van der Waals surface area contributed by atoms with Gasteiger partial charge in [-0.1, -0.05) is 17.7 Å². The van der Waals surface area contributed by atoms with Crippen LogP contribution in [0.25, 0.3) is 0 Å². The number of hydrogen-bond acceptors (Lipinski definition) is 5. The number of ether oxygens (including phenoxy) is 3. The molecule has 0 heterocycles. The van der Waals surface area contributed by atoms with Crippen LogP contribution in [-0.4, -0.2) is 33.0 Å². The van der Waals surface area contributed by atoms with E-state index in [0.29, 0.717) is 28.5 Å². The molecule has 2 aromatic carbocycles. The molecular weight excluding hydrogens is 346 g/mol. The molecule has 2 rings (SSSR count). The number of rotatable bonds is 8. The summed E-state index contributed by atoms with van der Waals surface area (Å²) in [6.45, 7) is 3.83. The number of carbonyl (C=O) groups excluding carboxylic acids is 2. The quantitative estimate of drug-likeness (QED) is 0.712. The minimum absolute atomic E-state index is 0.0451. The van der Waals surface area contributed by atoms with Crippen molar-refractivity contribution >= 4 is 17.4 Å². The number of methoxy groups -OCH3 is 3. The molecule has 0 saturated heterocycles. The lowest BCUT2D eigenvalue weighted by atomic mass is 9.99. The standard InChI is InChI=1S/C21H25NO5/c1-13-6-7-14(2)16(10-13)17(23)8-9-20(24)22-15-11-18(25-3)21(27-5)19(12-15)26-4/h6-7,10-12H,8-9H2,1-5H3,(H,22,24). The highest BCUT2D eigenvalue weighted by Crippen LogP contribution is 2.39. The van der Waals surface area contributed by atoms with Gasteiger partial charge >= 0.3 is 0 Å². The number of Topliss-reactive ketones (excluding diaryl/α,β-unsaturated/α-hetero) is 1. The van der Waals surface area contributed by atoms with Crippen molar-refractivity contribution in [2.24, 2.45) is 0 Å². The van der Waals surface area contributed by atoms with Crippen LogP contribution in [0.3, 0.4) is 0 Å². The molecule has 0 aliphatic carbocycles. The number of anilines is 1. The van der Waals surface area contributed by atoms with Gasteiger partial charge in [0.25, 0.3) is 0 Å². The minimum atomic E-state index is -0.261. The van der Waals surface area contributed by atoms with E-state index in [-0.39, 0.29) is 24.5 Å². The molecule has 0 atom stereocenters. The van der Waals surface area contributed by atoms with Crippen molar-refractivity contribution < 1.29 is 23.8 Å². The Morgan fingerprint density at radius 1 is 0.889 bits per heavy atom. The maximum absolute atomic E-state index is 12.4. The number of hydrogen-bond donors (Lipinski definition) is 1. The molecule has 1 N–H and O–H groups in total. The fourth-order valence-electron chi connectivity index (χ4n) is 2.77. The Hall–Kier alpha value is -3.02. The van der Waals surface area contributed by atoms with Gasteiger partial charge in [-0.15, -0.1) is 0 Å². The fourth-order valence-corrected chi connectivity index (χ4v) is 2.77. The number of carbonyl (C=O) groups is 2. The van der Waals surface area contributed by atoms with E-state index < -0.39 is 0 Å². The molecule has 6 heteroatoms. The minimum Gasteiger partial charge on any atom is -0.493 e. The molecule has 0 spiro atoms. The van der Waals surface area contributed by atoms with E-state index in [4.69, 9.17) is 14.2 Å². The van der Waals surface area contributed by atoms with Crippen molar-refractivity contribution in [2.75, 3.05) is 26.6 Å². The average molecular weight is 371 g/mol. The third-order valence-electron chi connectivity index (χ3n) is 4.22. The number of amides is 1. The monoisotopic (exact) mass is 371 g/mol. The van der Waals surface area contributed by atoms with E-state index >= 15 is 0 Å². The van der Waals surface area contributed by atoms with E-state index in [1.165, 1.54) is 21.3 Å². The first-order chi connectivity index (χ1) is 12.9. The molecule has 6 nitrogen and oxygen atoms in total. The van der Waals surface area contributed by atoms with Crippen molar-refractivity contribution in [2.45, 2.75) is 26.7 Å². The van der Waals surface area contributed by atoms with Gasteiger partial charge in [0, 0.05) is 36.2 Å². The summed E-state index contributed by atoms with van der Waals surface area (Å²) in [6.07, 6.45) is 0.226. The van der Waals surface area contributed by atoms with Crippen LogP contribution in [0.5, 0.6) is 17.2 Å². The highest BCUT2D eigenvalue weighted by Gasteiger charge is 2.16. The third-order valence-corrected chi connectivity index (χ3v) is 4.22. The Bertz CT molecular complexity index is 819. The first-order valence-electron chi connectivity index (χ1n) is 8.60. The summed E-state index contributed by atoms with van der Waals surface area (Å²) in [5.74, 6) is 1.03. The molecule has 2 aromatic rings. The SMILES string of the molecule is COc1cc(NC(=O)CCC(=O)c2cc(C)ccc2C)cc(OC)c1OC. The maximum Gasteiger partial charge on any atom is 0.224 e. The molecule has 0 aliphatic heterocycles. The van der Waals surface area contributed by atoms with Gasteiger partial charge in [-0.2, -0.15) is 0 Å². The lowest BCUT2D eigenvalue weighted by molar-refractivity contribution is -0.116. The van der Waals surface area contributed by atoms with Crippen LogP contribution in [0.4, 0.5) is 5.69 Å². The number of ketones is 1. The summed E-state index contributed by atoms with van der Waals surface area (Å²) in [4.78, 5) is 24.7. The van der Waals surface area contributed by atoms with Gasteiger partial charge in [-0.25, -0.2) is 0 Å². The van der Waals surface area contributed by atoms with Crippen LogP contribution < -0.4 is 19.5 Å². The van der Waals surface area contributed by atoms with E-state index in [9.17, 15) is 9.59 Å². The van der Waals surface area contributed by atoms with E-state index in [1.807, 2.05) is 32.0 Å². The molecule has 0 saturated carbocycles. The zero-order valence-corrected chi connectivity index (χ0v) is 16.3. The zero-order valence-electron chi connectivity index (χ0n) is 16.3. The van der Waals surface area contributed by atoms with E-state index in [0.717, 1.165) is 11.1 Å². The Labute approximate surface area is 159 Å². The normalized spacial score (nSPS) is 10.3. The van der Waals surface area contributed by atoms with Crippen molar-refractivity contribution in [3.05, 3.63) is 47.0 Å². The molecule has 27 heavy (non-hydrogen) atoms. The zero-order chi connectivity index (χ0) is 20.0. The van der Waals surface area contributed by atoms with Crippen molar-refractivity contribution in [3.63, 3.8) is 0 Å². The van der Waals surface area contributed by atoms with Crippen LogP contribution in [-0.2, 0) is 4.79 Å². The van der Waals surface area contributed by atoms with Gasteiger partial charge < -0.3 is 19.5 Å². The van der Waals surface area contributed by atoms with Crippen molar-refractivity contribution in [1.82, 2.24) is 0 Å². The van der Waals surface area contributed by atoms with E-state index in [2.05, 4.69) is 5.32 Å². The maximum atomic E-state index is 12.4. The smallest absolute Gasteiger partial charge is 0.224 e. The van der Waals surface area contributed by atoms with Gasteiger partial charge in [0.1, 0.15) is 0 Å². The summed E-state index contributed by atoms with van der Waals surface area (Å²) >= 11 is 0. The summed E-state index contributed by atoms with van der Waals surface area (Å²) in [5.41, 5.74) is 3.10. The summed E-state index contributed by atoms with van der Waals surface area (Å²) in [7, 11) is 4.52. The van der Waals surface area contributed by atoms with Gasteiger partial charge in [0.2, 0.25) is 11.7 Å². The number of nitrogens with one attached hydrogen (secondary N) is 1. The molecule has 1 amide bonds. The first kappa shape index (κ1) is 20.3. The molecule has 0 bridgehead atoms. The molecule has 0 aliphatic rings. The van der Waals surface area contributed by atoms with Crippen LogP contribution in [0, 0.1) is 13.8 Å². The number of aryl methyl sites for hydroxylation is 2. The Balaban J connectivity index is 2.05. The Kier molecular flexibility index (Phi) is 6.82. The second kappa shape index (κ2) is 9.07. The van der Waals surface area contributed by atoms with Gasteiger partial charge in [-0.3, -0.25) is 9.59 Å². The van der Waals surface area contributed by atoms with Crippen LogP contribution >= 0.6 is 0 Å². The first-order valence-corrected chi connectivity index (χ1v) is 8.60. The van der Waals surface area contributed by atoms with E-state index in [1.54, 1.807) is 12.1 Å². The Morgan fingerprint density at radius 2 is 1.52 bits per heavy atom. The lowest BCUT2D eigenvalue weighted by Crippen LogP contribution is -2.14. The van der Waals surface area contributed by atoms with Crippen LogP contribution in [0.1, 0.15) is 34.3 Å². The second-order valence-corrected chi connectivity index (χ2v) is 6.20. The molecule has 144 valence electrons.